The molecule has 0 fully saturated rings. The Kier molecular flexibility index (Phi) is 3.57. The third kappa shape index (κ3) is 3.24. The molecule has 72 valence electrons. The lowest BCUT2D eigenvalue weighted by atomic mass is 10.3. The molecule has 0 spiro atoms. The van der Waals surface area contributed by atoms with Crippen LogP contribution in [0.15, 0.2) is 12.4 Å². The van der Waals surface area contributed by atoms with Gasteiger partial charge in [0, 0.05) is 25.4 Å². The summed E-state index contributed by atoms with van der Waals surface area (Å²) >= 11 is 10.7. The molecule has 1 heterocycles. The first kappa shape index (κ1) is 10.3. The van der Waals surface area contributed by atoms with Gasteiger partial charge in [0.25, 0.3) is 5.91 Å². The third-order valence-corrected chi connectivity index (χ3v) is 1.82. The van der Waals surface area contributed by atoms with Crippen LogP contribution in [0.3, 0.4) is 0 Å². The molecule has 0 aliphatic heterocycles. The molecule has 0 aromatic carbocycles. The zero-order valence-electron chi connectivity index (χ0n) is 7.00. The van der Waals surface area contributed by atoms with Gasteiger partial charge < -0.3 is 5.32 Å². The van der Waals surface area contributed by atoms with Gasteiger partial charge in [-0.25, -0.2) is 0 Å². The van der Waals surface area contributed by atoms with Gasteiger partial charge in [0.2, 0.25) is 0 Å². The van der Waals surface area contributed by atoms with Crippen LogP contribution in [0.4, 0.5) is 0 Å². The standard InChI is InChI=1S/C7H9Cl2N3O/c1-12-4-5(3-11-12)2-10-7(13)6(8)9/h3-4,6H,2H2,1H3,(H,10,13). The number of amides is 1. The summed E-state index contributed by atoms with van der Waals surface area (Å²) in [6.07, 6.45) is 3.47. The van der Waals surface area contributed by atoms with Crippen LogP contribution < -0.4 is 5.32 Å². The Morgan fingerprint density at radius 1 is 1.77 bits per heavy atom. The molecule has 0 atom stereocenters. The summed E-state index contributed by atoms with van der Waals surface area (Å²) in [4.78, 5) is 9.90. The number of hydrogen-bond acceptors (Lipinski definition) is 2. The van der Waals surface area contributed by atoms with E-state index in [0.717, 1.165) is 5.56 Å². The van der Waals surface area contributed by atoms with E-state index >= 15 is 0 Å². The molecule has 1 amide bonds. The van der Waals surface area contributed by atoms with Crippen molar-refractivity contribution in [3.8, 4) is 0 Å². The molecule has 0 unspecified atom stereocenters. The second kappa shape index (κ2) is 4.48. The van der Waals surface area contributed by atoms with E-state index in [1.54, 1.807) is 24.1 Å². The number of hydrogen-bond donors (Lipinski definition) is 1. The number of rotatable bonds is 3. The van der Waals surface area contributed by atoms with Crippen LogP contribution in [0.2, 0.25) is 0 Å². The van der Waals surface area contributed by atoms with E-state index < -0.39 is 10.7 Å². The van der Waals surface area contributed by atoms with E-state index in [1.165, 1.54) is 0 Å². The van der Waals surface area contributed by atoms with Crippen LogP contribution in [-0.2, 0) is 18.4 Å². The average Bonchev–Trinajstić information content (AvgIpc) is 2.47. The number of halogens is 2. The van der Waals surface area contributed by atoms with Crippen molar-refractivity contribution in [1.82, 2.24) is 15.1 Å². The Bertz CT molecular complexity index is 298. The molecular formula is C7H9Cl2N3O. The molecule has 1 aromatic rings. The molecule has 0 saturated heterocycles. The maximum absolute atomic E-state index is 10.9. The van der Waals surface area contributed by atoms with E-state index in [2.05, 4.69) is 10.4 Å². The first-order valence-corrected chi connectivity index (χ1v) is 4.50. The molecule has 0 radical (unpaired) electrons. The average molecular weight is 222 g/mol. The summed E-state index contributed by atoms with van der Waals surface area (Å²) in [5.41, 5.74) is 0.907. The highest BCUT2D eigenvalue weighted by Crippen LogP contribution is 2.02. The van der Waals surface area contributed by atoms with E-state index in [1.807, 2.05) is 0 Å². The summed E-state index contributed by atoms with van der Waals surface area (Å²) in [6, 6.07) is 0. The van der Waals surface area contributed by atoms with E-state index in [0.29, 0.717) is 6.54 Å². The Hall–Kier alpha value is -0.740. The van der Waals surface area contributed by atoms with Gasteiger partial charge in [0.05, 0.1) is 6.20 Å². The van der Waals surface area contributed by atoms with Crippen molar-refractivity contribution in [3.63, 3.8) is 0 Å². The molecule has 4 nitrogen and oxygen atoms in total. The summed E-state index contributed by atoms with van der Waals surface area (Å²) in [5.74, 6) is -0.396. The second-order valence-corrected chi connectivity index (χ2v) is 3.64. The molecule has 6 heteroatoms. The molecule has 0 saturated carbocycles. The Morgan fingerprint density at radius 2 is 2.46 bits per heavy atom. The van der Waals surface area contributed by atoms with Crippen LogP contribution in [-0.4, -0.2) is 20.5 Å². The number of nitrogens with one attached hydrogen (secondary N) is 1. The van der Waals surface area contributed by atoms with Gasteiger partial charge in [0.1, 0.15) is 0 Å². The first-order chi connectivity index (χ1) is 6.09. The molecule has 0 bridgehead atoms. The lowest BCUT2D eigenvalue weighted by Gasteiger charge is -2.02. The predicted octanol–water partition coefficient (Wildman–Crippen LogP) is 0.840. The zero-order valence-corrected chi connectivity index (χ0v) is 8.51. The summed E-state index contributed by atoms with van der Waals surface area (Å²) in [5, 5.41) is 6.49. The highest BCUT2D eigenvalue weighted by atomic mass is 35.5. The van der Waals surface area contributed by atoms with E-state index in [9.17, 15) is 4.79 Å². The fraction of sp³-hybridized carbons (Fsp3) is 0.429. The van der Waals surface area contributed by atoms with Gasteiger partial charge in [-0.1, -0.05) is 23.2 Å². The van der Waals surface area contributed by atoms with Gasteiger partial charge in [-0.05, 0) is 0 Å². The van der Waals surface area contributed by atoms with Gasteiger partial charge >= 0.3 is 0 Å². The highest BCUT2D eigenvalue weighted by Gasteiger charge is 2.10. The lowest BCUT2D eigenvalue weighted by Crippen LogP contribution is -2.27. The summed E-state index contributed by atoms with van der Waals surface area (Å²) in [6.45, 7) is 0.391. The Morgan fingerprint density at radius 3 is 2.92 bits per heavy atom. The molecule has 13 heavy (non-hydrogen) atoms. The maximum atomic E-state index is 10.9. The number of alkyl halides is 2. The maximum Gasteiger partial charge on any atom is 0.253 e. The normalized spacial score (nSPS) is 10.5. The molecule has 1 N–H and O–H groups in total. The third-order valence-electron chi connectivity index (χ3n) is 1.42. The molecule has 1 aromatic heterocycles. The first-order valence-electron chi connectivity index (χ1n) is 3.63. The van der Waals surface area contributed by atoms with Gasteiger partial charge in [-0.15, -0.1) is 0 Å². The quantitative estimate of drug-likeness (QED) is 0.770. The lowest BCUT2D eigenvalue weighted by molar-refractivity contribution is -0.119. The van der Waals surface area contributed by atoms with Crippen molar-refractivity contribution in [2.24, 2.45) is 7.05 Å². The van der Waals surface area contributed by atoms with Crippen LogP contribution in [0, 0.1) is 0 Å². The van der Waals surface area contributed by atoms with Crippen molar-refractivity contribution in [2.75, 3.05) is 0 Å². The minimum atomic E-state index is -1.02. The fourth-order valence-electron chi connectivity index (χ4n) is 0.829. The second-order valence-electron chi connectivity index (χ2n) is 2.54. The van der Waals surface area contributed by atoms with E-state index in [4.69, 9.17) is 23.2 Å². The summed E-state index contributed by atoms with van der Waals surface area (Å²) < 4.78 is 1.65. The number of aryl methyl sites for hydroxylation is 1. The Labute approximate surface area is 85.8 Å². The smallest absolute Gasteiger partial charge is 0.253 e. The van der Waals surface area contributed by atoms with Crippen LogP contribution in [0.5, 0.6) is 0 Å². The van der Waals surface area contributed by atoms with Crippen LogP contribution >= 0.6 is 23.2 Å². The minimum Gasteiger partial charge on any atom is -0.350 e. The number of carbonyl (C=O) groups excluding carboxylic acids is 1. The van der Waals surface area contributed by atoms with Crippen LogP contribution in [0.1, 0.15) is 5.56 Å². The van der Waals surface area contributed by atoms with Crippen molar-refractivity contribution < 1.29 is 4.79 Å². The number of carbonyl (C=O) groups is 1. The van der Waals surface area contributed by atoms with Gasteiger partial charge in [-0.2, -0.15) is 5.10 Å². The van der Waals surface area contributed by atoms with Crippen molar-refractivity contribution >= 4 is 29.1 Å². The van der Waals surface area contributed by atoms with Crippen molar-refractivity contribution in [1.29, 1.82) is 0 Å². The molecular weight excluding hydrogens is 213 g/mol. The SMILES string of the molecule is Cn1cc(CNC(=O)C(Cl)Cl)cn1. The molecule has 0 aliphatic rings. The molecule has 1 rings (SSSR count). The van der Waals surface area contributed by atoms with Crippen molar-refractivity contribution in [3.05, 3.63) is 18.0 Å². The van der Waals surface area contributed by atoms with E-state index in [-0.39, 0.29) is 0 Å². The fourth-order valence-corrected chi connectivity index (χ4v) is 0.984. The predicted molar refractivity (Wildman–Crippen MR) is 50.5 cm³/mol. The monoisotopic (exact) mass is 221 g/mol. The largest absolute Gasteiger partial charge is 0.350 e. The highest BCUT2D eigenvalue weighted by molar-refractivity contribution is 6.53. The van der Waals surface area contributed by atoms with Gasteiger partial charge in [0.15, 0.2) is 4.84 Å². The summed E-state index contributed by atoms with van der Waals surface area (Å²) in [7, 11) is 1.80. The van der Waals surface area contributed by atoms with Crippen LogP contribution in [0.25, 0.3) is 0 Å². The molecule has 0 aliphatic carbocycles. The number of nitrogens with zero attached hydrogens (tertiary/aromatic N) is 2. The van der Waals surface area contributed by atoms with Gasteiger partial charge in [-0.3, -0.25) is 9.48 Å². The number of aromatic nitrogens is 2. The zero-order chi connectivity index (χ0) is 9.84. The van der Waals surface area contributed by atoms with Crippen molar-refractivity contribution in [2.45, 2.75) is 11.4 Å². The minimum absolute atomic E-state index is 0.391. The topological polar surface area (TPSA) is 46.9 Å². The Balaban J connectivity index is 2.39.